The zero-order chi connectivity index (χ0) is 26.0. The largest absolute Gasteiger partial charge is 0.494 e. The first-order chi connectivity index (χ1) is 17.9. The molecule has 1 atom stereocenters. The number of aliphatic hydroxyl groups excluding tert-OH is 1. The number of nitrogens with zero attached hydrogens (tertiary/aromatic N) is 3. The molecule has 2 aromatic carbocycles. The Balaban J connectivity index is 1.05. The summed E-state index contributed by atoms with van der Waals surface area (Å²) in [6, 6.07) is 13.6. The second-order valence-electron chi connectivity index (χ2n) is 9.56. The number of carboxylic acid groups (broad SMARTS) is 1. The average Bonchev–Trinajstić information content (AvgIpc) is 3.27. The number of carboxylic acids is 1. The molecule has 1 aromatic heterocycles. The summed E-state index contributed by atoms with van der Waals surface area (Å²) in [7, 11) is 0. The summed E-state index contributed by atoms with van der Waals surface area (Å²) in [5.41, 5.74) is 1.96. The van der Waals surface area contributed by atoms with Crippen molar-refractivity contribution < 1.29 is 24.5 Å². The molecule has 1 fully saturated rings. The monoisotopic (exact) mass is 527 g/mol. The highest BCUT2D eigenvalue weighted by Gasteiger charge is 2.19. The van der Waals surface area contributed by atoms with E-state index < -0.39 is 12.1 Å². The van der Waals surface area contributed by atoms with Gasteiger partial charge in [0.25, 0.3) is 0 Å². The first-order valence-corrected chi connectivity index (χ1v) is 13.8. The van der Waals surface area contributed by atoms with Crippen LogP contribution in [-0.2, 0) is 11.2 Å². The number of fused-ring (bicyclic) bond motifs is 1. The van der Waals surface area contributed by atoms with Gasteiger partial charge in [0.15, 0.2) is 0 Å². The van der Waals surface area contributed by atoms with E-state index in [0.29, 0.717) is 19.6 Å². The molecule has 0 bridgehead atoms. The van der Waals surface area contributed by atoms with Crippen molar-refractivity contribution in [1.82, 2.24) is 14.8 Å². The fraction of sp³-hybridized carbons (Fsp3) is 0.500. The van der Waals surface area contributed by atoms with Crippen LogP contribution >= 0.6 is 11.3 Å². The van der Waals surface area contributed by atoms with Gasteiger partial charge in [-0.1, -0.05) is 12.1 Å². The van der Waals surface area contributed by atoms with Crippen molar-refractivity contribution in [3.63, 3.8) is 0 Å². The first-order valence-electron chi connectivity index (χ1n) is 13.0. The Bertz CT molecular complexity index is 1130. The molecule has 3 aromatic rings. The molecule has 1 saturated heterocycles. The van der Waals surface area contributed by atoms with Gasteiger partial charge < -0.3 is 24.6 Å². The van der Waals surface area contributed by atoms with Gasteiger partial charge in [0.1, 0.15) is 24.2 Å². The number of unbranched alkanes of at least 4 members (excludes halogenated alkanes) is 1. The molecular weight excluding hydrogens is 490 g/mol. The van der Waals surface area contributed by atoms with Gasteiger partial charge in [0.2, 0.25) is 0 Å². The molecule has 200 valence electrons. The van der Waals surface area contributed by atoms with Crippen molar-refractivity contribution in [1.29, 1.82) is 0 Å². The molecule has 1 aliphatic rings. The minimum absolute atomic E-state index is 0.147. The van der Waals surface area contributed by atoms with Crippen molar-refractivity contribution in [3.8, 4) is 11.5 Å². The number of β-amino-alcohol motifs (C(OH)–C–C–N with tert-alkyl or cyclic N) is 1. The van der Waals surface area contributed by atoms with E-state index in [1.807, 2.05) is 49.4 Å². The van der Waals surface area contributed by atoms with Crippen molar-refractivity contribution in [2.75, 3.05) is 52.5 Å². The maximum absolute atomic E-state index is 10.7. The topological polar surface area (TPSA) is 95.4 Å². The van der Waals surface area contributed by atoms with Gasteiger partial charge in [-0.25, -0.2) is 4.98 Å². The first kappa shape index (κ1) is 27.3. The highest BCUT2D eigenvalue weighted by molar-refractivity contribution is 7.18. The van der Waals surface area contributed by atoms with Crippen LogP contribution in [0.5, 0.6) is 11.5 Å². The lowest BCUT2D eigenvalue weighted by atomic mass is 10.1. The van der Waals surface area contributed by atoms with Crippen LogP contribution in [0.25, 0.3) is 10.2 Å². The molecule has 0 saturated carbocycles. The zero-order valence-electron chi connectivity index (χ0n) is 21.5. The highest BCUT2D eigenvalue weighted by atomic mass is 32.1. The number of hydrogen-bond acceptors (Lipinski definition) is 8. The molecule has 2 heterocycles. The van der Waals surface area contributed by atoms with E-state index in [9.17, 15) is 9.90 Å². The molecule has 1 aliphatic heterocycles. The van der Waals surface area contributed by atoms with Gasteiger partial charge >= 0.3 is 5.97 Å². The normalized spacial score (nSPS) is 15.6. The van der Waals surface area contributed by atoms with Gasteiger partial charge in [-0.3, -0.25) is 9.69 Å². The number of benzene rings is 2. The summed E-state index contributed by atoms with van der Waals surface area (Å²) in [6.45, 7) is 8.54. The summed E-state index contributed by atoms with van der Waals surface area (Å²) in [5.74, 6) is 0.799. The second-order valence-corrected chi connectivity index (χ2v) is 10.8. The van der Waals surface area contributed by atoms with Gasteiger partial charge in [-0.15, -0.1) is 11.3 Å². The molecule has 2 N–H and O–H groups in total. The third kappa shape index (κ3) is 8.96. The van der Waals surface area contributed by atoms with Crippen LogP contribution < -0.4 is 9.47 Å². The van der Waals surface area contributed by atoms with Crippen molar-refractivity contribution >= 4 is 27.5 Å². The number of aliphatic carboxylic acids is 1. The average molecular weight is 528 g/mol. The summed E-state index contributed by atoms with van der Waals surface area (Å²) >= 11 is 1.67. The van der Waals surface area contributed by atoms with Gasteiger partial charge in [-0.2, -0.15) is 0 Å². The number of thiazole rings is 1. The van der Waals surface area contributed by atoms with E-state index in [-0.39, 0.29) is 13.0 Å². The molecule has 0 unspecified atom stereocenters. The third-order valence-corrected chi connectivity index (χ3v) is 7.48. The SMILES string of the molecule is Cc1nc2cc(OC[C@H](O)CN3CCN(CCCCOc4ccc(CCC(=O)O)cc4)CC3)ccc2s1. The van der Waals surface area contributed by atoms with Crippen LogP contribution in [0.1, 0.15) is 29.8 Å². The zero-order valence-corrected chi connectivity index (χ0v) is 22.3. The van der Waals surface area contributed by atoms with E-state index in [4.69, 9.17) is 14.6 Å². The molecule has 4 rings (SSSR count). The van der Waals surface area contributed by atoms with Crippen LogP contribution in [0.15, 0.2) is 42.5 Å². The lowest BCUT2D eigenvalue weighted by molar-refractivity contribution is -0.136. The number of aliphatic hydroxyl groups is 1. The Morgan fingerprint density at radius 3 is 2.51 bits per heavy atom. The minimum Gasteiger partial charge on any atom is -0.494 e. The van der Waals surface area contributed by atoms with Crippen LogP contribution in [0.2, 0.25) is 0 Å². The number of hydrogen-bond donors (Lipinski definition) is 2. The third-order valence-electron chi connectivity index (χ3n) is 6.53. The van der Waals surface area contributed by atoms with E-state index in [1.54, 1.807) is 11.3 Å². The van der Waals surface area contributed by atoms with Crippen molar-refractivity contribution in [2.24, 2.45) is 0 Å². The highest BCUT2D eigenvalue weighted by Crippen LogP contribution is 2.25. The number of ether oxygens (including phenoxy) is 2. The number of rotatable bonds is 14. The Kier molecular flexibility index (Phi) is 10.1. The smallest absolute Gasteiger partial charge is 0.303 e. The predicted octanol–water partition coefficient (Wildman–Crippen LogP) is 3.84. The summed E-state index contributed by atoms with van der Waals surface area (Å²) in [4.78, 5) is 20.0. The minimum atomic E-state index is -0.777. The fourth-order valence-corrected chi connectivity index (χ4v) is 5.29. The predicted molar refractivity (Wildman–Crippen MR) is 146 cm³/mol. The van der Waals surface area contributed by atoms with E-state index in [2.05, 4.69) is 14.8 Å². The quantitative estimate of drug-likeness (QED) is 0.306. The summed E-state index contributed by atoms with van der Waals surface area (Å²) < 4.78 is 12.8. The van der Waals surface area contributed by atoms with Crippen molar-refractivity contribution in [3.05, 3.63) is 53.0 Å². The van der Waals surface area contributed by atoms with Gasteiger partial charge in [0.05, 0.1) is 21.8 Å². The van der Waals surface area contributed by atoms with Crippen LogP contribution in [0.3, 0.4) is 0 Å². The summed E-state index contributed by atoms with van der Waals surface area (Å²) in [5, 5.41) is 20.3. The maximum atomic E-state index is 10.7. The number of carbonyl (C=O) groups is 1. The molecule has 37 heavy (non-hydrogen) atoms. The Morgan fingerprint density at radius 1 is 1.03 bits per heavy atom. The van der Waals surface area contributed by atoms with E-state index in [1.165, 1.54) is 0 Å². The van der Waals surface area contributed by atoms with Crippen LogP contribution in [-0.4, -0.2) is 89.6 Å². The lowest BCUT2D eigenvalue weighted by Gasteiger charge is -2.35. The fourth-order valence-electron chi connectivity index (χ4n) is 4.48. The maximum Gasteiger partial charge on any atom is 0.303 e. The number of piperazine rings is 1. The molecule has 8 nitrogen and oxygen atoms in total. The molecule has 0 aliphatic carbocycles. The van der Waals surface area contributed by atoms with Gasteiger partial charge in [0, 0.05) is 45.2 Å². The van der Waals surface area contributed by atoms with Crippen molar-refractivity contribution in [2.45, 2.75) is 38.7 Å². The summed E-state index contributed by atoms with van der Waals surface area (Å²) in [6.07, 6.45) is 2.23. The molecule has 0 spiro atoms. The Labute approximate surface area is 222 Å². The van der Waals surface area contributed by atoms with E-state index >= 15 is 0 Å². The molecule has 0 radical (unpaired) electrons. The Morgan fingerprint density at radius 2 is 1.76 bits per heavy atom. The van der Waals surface area contributed by atoms with Crippen LogP contribution in [0, 0.1) is 6.92 Å². The lowest BCUT2D eigenvalue weighted by Crippen LogP contribution is -2.49. The van der Waals surface area contributed by atoms with Gasteiger partial charge in [-0.05, 0) is 62.6 Å². The molecule has 9 heteroatoms. The number of aryl methyl sites for hydroxylation is 2. The Hall–Kier alpha value is -2.72. The molecular formula is C28H37N3O5S. The second kappa shape index (κ2) is 13.7. The van der Waals surface area contributed by atoms with E-state index in [0.717, 1.165) is 77.9 Å². The number of aromatic nitrogens is 1. The standard InChI is InChI=1S/C28H37N3O5S/c1-21-29-26-18-25(9-10-27(26)37-21)36-20-23(32)19-31-15-13-30(14-16-31)12-2-3-17-35-24-7-4-22(5-8-24)6-11-28(33)34/h4-5,7-10,18,23,32H,2-3,6,11-17,19-20H2,1H3,(H,33,34)/t23-/m1/s1. The van der Waals surface area contributed by atoms with Crippen LogP contribution in [0.4, 0.5) is 0 Å². The molecule has 0 amide bonds.